The Balaban J connectivity index is 1.41. The summed E-state index contributed by atoms with van der Waals surface area (Å²) in [5.41, 5.74) is 2.01. The van der Waals surface area contributed by atoms with E-state index < -0.39 is 5.69 Å². The first-order valence-electron chi connectivity index (χ1n) is 9.89. The van der Waals surface area contributed by atoms with Gasteiger partial charge in [-0.15, -0.1) is 0 Å². The van der Waals surface area contributed by atoms with Crippen LogP contribution in [0.1, 0.15) is 19.0 Å². The Bertz CT molecular complexity index is 1470. The summed E-state index contributed by atoms with van der Waals surface area (Å²) >= 11 is 0. The van der Waals surface area contributed by atoms with Crippen LogP contribution in [0.25, 0.3) is 33.9 Å². The van der Waals surface area contributed by atoms with Crippen LogP contribution in [0.2, 0.25) is 0 Å². The van der Waals surface area contributed by atoms with Gasteiger partial charge in [-0.2, -0.15) is 5.10 Å². The second kappa shape index (κ2) is 7.56. The molecule has 2 N–H and O–H groups in total. The smallest absolute Gasteiger partial charge is 0.330 e. The molecular formula is C21H19N7O3. The van der Waals surface area contributed by atoms with Gasteiger partial charge in [0.2, 0.25) is 0 Å². The van der Waals surface area contributed by atoms with Gasteiger partial charge in [-0.3, -0.25) is 19.0 Å². The van der Waals surface area contributed by atoms with Crippen molar-refractivity contribution in [2.24, 2.45) is 0 Å². The molecular weight excluding hydrogens is 398 g/mol. The zero-order valence-electron chi connectivity index (χ0n) is 16.7. The molecule has 0 saturated carbocycles. The molecule has 0 saturated heterocycles. The highest BCUT2D eigenvalue weighted by atomic mass is 16.5. The molecule has 0 fully saturated rings. The summed E-state index contributed by atoms with van der Waals surface area (Å²) in [7, 11) is 0. The first-order valence-corrected chi connectivity index (χ1v) is 9.89. The van der Waals surface area contributed by atoms with Crippen LogP contribution >= 0.6 is 0 Å². The number of imidazole rings is 1. The van der Waals surface area contributed by atoms with Gasteiger partial charge < -0.3 is 9.51 Å². The van der Waals surface area contributed by atoms with E-state index in [2.05, 4.69) is 25.2 Å². The molecule has 0 radical (unpaired) electrons. The summed E-state index contributed by atoms with van der Waals surface area (Å²) in [5.74, 6) is 1.14. The topological polar surface area (TPSA) is 127 Å². The molecule has 156 valence electrons. The first kappa shape index (κ1) is 18.8. The second-order valence-electron chi connectivity index (χ2n) is 7.17. The lowest BCUT2D eigenvalue weighted by molar-refractivity contribution is 0.419. The van der Waals surface area contributed by atoms with E-state index in [-0.39, 0.29) is 16.7 Å². The SMILES string of the molecule is CCCn1c(=O)[nH]c2nc(-c3cnn(Cc4cc(-c5ccccc5)on4)c3)[nH]c2c1=O. The van der Waals surface area contributed by atoms with Gasteiger partial charge in [0.25, 0.3) is 5.56 Å². The summed E-state index contributed by atoms with van der Waals surface area (Å²) in [5, 5.41) is 8.46. The summed E-state index contributed by atoms with van der Waals surface area (Å²) in [4.78, 5) is 34.7. The number of fused-ring (bicyclic) bond motifs is 1. The van der Waals surface area contributed by atoms with Crippen molar-refractivity contribution in [1.29, 1.82) is 0 Å². The number of hydrogen-bond donors (Lipinski definition) is 2. The van der Waals surface area contributed by atoms with E-state index in [0.717, 1.165) is 11.3 Å². The molecule has 5 rings (SSSR count). The highest BCUT2D eigenvalue weighted by molar-refractivity contribution is 5.74. The van der Waals surface area contributed by atoms with Crippen molar-refractivity contribution in [1.82, 2.24) is 34.5 Å². The molecule has 0 bridgehead atoms. The number of hydrogen-bond acceptors (Lipinski definition) is 6. The zero-order chi connectivity index (χ0) is 21.4. The Morgan fingerprint density at radius 2 is 1.94 bits per heavy atom. The van der Waals surface area contributed by atoms with Crippen LogP contribution in [0, 0.1) is 0 Å². The first-order chi connectivity index (χ1) is 15.1. The van der Waals surface area contributed by atoms with Crippen molar-refractivity contribution in [2.45, 2.75) is 26.4 Å². The van der Waals surface area contributed by atoms with E-state index >= 15 is 0 Å². The molecule has 10 nitrogen and oxygen atoms in total. The fourth-order valence-electron chi connectivity index (χ4n) is 3.44. The Labute approximate surface area is 175 Å². The number of rotatable bonds is 6. The summed E-state index contributed by atoms with van der Waals surface area (Å²) in [6.45, 7) is 2.66. The zero-order valence-corrected chi connectivity index (χ0v) is 16.7. The number of H-pyrrole nitrogens is 2. The van der Waals surface area contributed by atoms with Crippen LogP contribution in [0.3, 0.4) is 0 Å². The van der Waals surface area contributed by atoms with E-state index in [1.165, 1.54) is 4.57 Å². The highest BCUT2D eigenvalue weighted by Gasteiger charge is 2.14. The van der Waals surface area contributed by atoms with Gasteiger partial charge in [-0.25, -0.2) is 9.78 Å². The fourth-order valence-corrected chi connectivity index (χ4v) is 3.44. The van der Waals surface area contributed by atoms with Gasteiger partial charge in [0.05, 0.1) is 18.3 Å². The highest BCUT2D eigenvalue weighted by Crippen LogP contribution is 2.21. The van der Waals surface area contributed by atoms with Gasteiger partial charge in [0.1, 0.15) is 17.0 Å². The van der Waals surface area contributed by atoms with Crippen molar-refractivity contribution >= 4 is 11.2 Å². The fraction of sp³-hybridized carbons (Fsp3) is 0.190. The van der Waals surface area contributed by atoms with E-state index in [1.54, 1.807) is 17.1 Å². The van der Waals surface area contributed by atoms with Gasteiger partial charge in [-0.05, 0) is 6.42 Å². The maximum Gasteiger partial charge on any atom is 0.330 e. The molecule has 0 aliphatic heterocycles. The van der Waals surface area contributed by atoms with Crippen molar-refractivity contribution in [2.75, 3.05) is 0 Å². The Kier molecular flexibility index (Phi) is 4.58. The van der Waals surface area contributed by atoms with Crippen molar-refractivity contribution < 1.29 is 4.52 Å². The quantitative estimate of drug-likeness (QED) is 0.437. The third kappa shape index (κ3) is 3.48. The Morgan fingerprint density at radius 3 is 2.74 bits per heavy atom. The minimum absolute atomic E-state index is 0.231. The minimum atomic E-state index is -0.464. The van der Waals surface area contributed by atoms with Crippen LogP contribution in [-0.2, 0) is 13.1 Å². The van der Waals surface area contributed by atoms with Gasteiger partial charge in [-0.1, -0.05) is 42.4 Å². The molecule has 0 spiro atoms. The van der Waals surface area contributed by atoms with Gasteiger partial charge in [0, 0.05) is 24.4 Å². The minimum Gasteiger partial charge on any atom is -0.356 e. The third-order valence-corrected chi connectivity index (χ3v) is 4.93. The maximum atomic E-state index is 12.6. The second-order valence-corrected chi connectivity index (χ2v) is 7.17. The van der Waals surface area contributed by atoms with Gasteiger partial charge in [0.15, 0.2) is 11.4 Å². The predicted octanol–water partition coefficient (Wildman–Crippen LogP) is 2.39. The number of benzene rings is 1. The van der Waals surface area contributed by atoms with E-state index in [9.17, 15) is 9.59 Å². The van der Waals surface area contributed by atoms with E-state index in [0.29, 0.717) is 36.7 Å². The molecule has 0 unspecified atom stereocenters. The van der Waals surface area contributed by atoms with Crippen molar-refractivity contribution in [3.05, 3.63) is 75.3 Å². The Hall–Kier alpha value is -4.21. The van der Waals surface area contributed by atoms with Gasteiger partial charge >= 0.3 is 5.69 Å². The van der Waals surface area contributed by atoms with Crippen LogP contribution < -0.4 is 11.2 Å². The summed E-state index contributed by atoms with van der Waals surface area (Å²) in [6.07, 6.45) is 4.10. The van der Waals surface area contributed by atoms with Crippen LogP contribution in [0.5, 0.6) is 0 Å². The lowest BCUT2D eigenvalue weighted by atomic mass is 10.2. The molecule has 10 heteroatoms. The number of nitrogens with one attached hydrogen (secondary N) is 2. The average molecular weight is 417 g/mol. The molecule has 31 heavy (non-hydrogen) atoms. The Morgan fingerprint density at radius 1 is 1.10 bits per heavy atom. The standard InChI is InChI=1S/C21H19N7O3/c1-2-8-28-20(29)17-19(25-21(28)30)24-18(23-17)14-10-22-27(11-14)12-15-9-16(31-26-15)13-6-4-3-5-7-13/h3-7,9-11H,2,8,12H2,1H3,(H,23,24)(H,25,30). The number of aromatic amines is 2. The van der Waals surface area contributed by atoms with E-state index in [1.807, 2.05) is 43.3 Å². The maximum absolute atomic E-state index is 12.6. The number of nitrogens with zero attached hydrogens (tertiary/aromatic N) is 5. The molecule has 4 aromatic heterocycles. The molecule has 0 atom stereocenters. The van der Waals surface area contributed by atoms with Crippen molar-refractivity contribution in [3.8, 4) is 22.7 Å². The normalized spacial score (nSPS) is 11.4. The van der Waals surface area contributed by atoms with Crippen LogP contribution in [-0.4, -0.2) is 34.5 Å². The molecule has 0 aliphatic carbocycles. The molecule has 5 aromatic rings. The van der Waals surface area contributed by atoms with Crippen molar-refractivity contribution in [3.63, 3.8) is 0 Å². The summed E-state index contributed by atoms with van der Waals surface area (Å²) < 4.78 is 8.30. The van der Waals surface area contributed by atoms with Crippen LogP contribution in [0.15, 0.2) is 62.9 Å². The average Bonchev–Trinajstić information content (AvgIpc) is 3.52. The van der Waals surface area contributed by atoms with Crippen LogP contribution in [0.4, 0.5) is 0 Å². The monoisotopic (exact) mass is 417 g/mol. The number of aromatic nitrogens is 7. The third-order valence-electron chi connectivity index (χ3n) is 4.93. The lowest BCUT2D eigenvalue weighted by Crippen LogP contribution is -2.34. The molecule has 0 amide bonds. The predicted molar refractivity (Wildman–Crippen MR) is 114 cm³/mol. The largest absolute Gasteiger partial charge is 0.356 e. The summed E-state index contributed by atoms with van der Waals surface area (Å²) in [6, 6.07) is 11.6. The lowest BCUT2D eigenvalue weighted by Gasteiger charge is -2.00. The molecule has 0 aliphatic rings. The molecule has 4 heterocycles. The molecule has 1 aromatic carbocycles. The van der Waals surface area contributed by atoms with E-state index in [4.69, 9.17) is 4.52 Å².